The molecule has 2 aromatic heterocycles. The fourth-order valence-corrected chi connectivity index (χ4v) is 3.61. The van der Waals surface area contributed by atoms with Crippen molar-refractivity contribution in [3.05, 3.63) is 21.5 Å². The van der Waals surface area contributed by atoms with Crippen molar-refractivity contribution in [2.75, 3.05) is 13.1 Å². The highest BCUT2D eigenvalue weighted by atomic mass is 35.5. The van der Waals surface area contributed by atoms with Crippen LogP contribution in [0.25, 0.3) is 9.88 Å². The third-order valence-electron chi connectivity index (χ3n) is 2.55. The Bertz CT molecular complexity index is 507. The molecule has 0 aliphatic heterocycles. The van der Waals surface area contributed by atoms with Crippen LogP contribution in [0, 0.1) is 5.92 Å². The van der Waals surface area contributed by atoms with E-state index in [1.807, 2.05) is 12.1 Å². The first-order valence-corrected chi connectivity index (χ1v) is 8.45. The number of aromatic nitrogens is 2. The molecule has 0 saturated heterocycles. The molecule has 19 heavy (non-hydrogen) atoms. The predicted molar refractivity (Wildman–Crippen MR) is 84.3 cm³/mol. The van der Waals surface area contributed by atoms with Gasteiger partial charge in [0.15, 0.2) is 5.01 Å². The average Bonchev–Trinajstić information content (AvgIpc) is 2.97. The highest BCUT2D eigenvalue weighted by Gasteiger charge is 2.08. The Morgan fingerprint density at radius 2 is 2.11 bits per heavy atom. The molecule has 0 saturated carbocycles. The Labute approximate surface area is 127 Å². The van der Waals surface area contributed by atoms with Gasteiger partial charge < -0.3 is 5.32 Å². The van der Waals surface area contributed by atoms with Crippen molar-refractivity contribution in [3.63, 3.8) is 0 Å². The molecule has 0 fully saturated rings. The topological polar surface area (TPSA) is 37.8 Å². The van der Waals surface area contributed by atoms with Crippen LogP contribution in [0.15, 0.2) is 12.1 Å². The molecule has 1 N–H and O–H groups in total. The molecule has 2 heterocycles. The third kappa shape index (κ3) is 4.84. The van der Waals surface area contributed by atoms with E-state index < -0.39 is 0 Å². The molecule has 0 aromatic carbocycles. The summed E-state index contributed by atoms with van der Waals surface area (Å²) in [6.07, 6.45) is 2.09. The van der Waals surface area contributed by atoms with E-state index in [0.29, 0.717) is 5.92 Å². The van der Waals surface area contributed by atoms with Crippen molar-refractivity contribution < 1.29 is 0 Å². The molecule has 0 aliphatic rings. The molecule has 6 heteroatoms. The first kappa shape index (κ1) is 14.9. The molecule has 2 aromatic rings. The summed E-state index contributed by atoms with van der Waals surface area (Å²) in [6.45, 7) is 6.55. The number of thiophene rings is 1. The van der Waals surface area contributed by atoms with Crippen LogP contribution in [-0.2, 0) is 6.42 Å². The van der Waals surface area contributed by atoms with Crippen LogP contribution in [0.5, 0.6) is 0 Å². The smallest absolute Gasteiger partial charge is 0.157 e. The Balaban J connectivity index is 1.78. The molecule has 0 radical (unpaired) electrons. The van der Waals surface area contributed by atoms with Gasteiger partial charge in [0, 0.05) is 6.42 Å². The van der Waals surface area contributed by atoms with Gasteiger partial charge in [0.05, 0.1) is 9.21 Å². The molecule has 3 nitrogen and oxygen atoms in total. The molecule has 0 amide bonds. The SMILES string of the molecule is CC(C)CNCCCc1nnc(-c2ccc(Cl)s2)s1. The molecule has 0 unspecified atom stereocenters. The molecular formula is C13H18ClN3S2. The quantitative estimate of drug-likeness (QED) is 0.782. The fraction of sp³-hybridized carbons (Fsp3) is 0.538. The zero-order chi connectivity index (χ0) is 13.7. The van der Waals surface area contributed by atoms with Gasteiger partial charge in [-0.15, -0.1) is 21.5 Å². The van der Waals surface area contributed by atoms with Crippen molar-refractivity contribution in [3.8, 4) is 9.88 Å². The highest BCUT2D eigenvalue weighted by Crippen LogP contribution is 2.32. The number of hydrogen-bond donors (Lipinski definition) is 1. The van der Waals surface area contributed by atoms with Gasteiger partial charge in [-0.05, 0) is 37.6 Å². The van der Waals surface area contributed by atoms with Gasteiger partial charge in [-0.2, -0.15) is 0 Å². The van der Waals surface area contributed by atoms with Gasteiger partial charge in [-0.25, -0.2) is 0 Å². The van der Waals surface area contributed by atoms with Crippen molar-refractivity contribution >= 4 is 34.3 Å². The van der Waals surface area contributed by atoms with Gasteiger partial charge in [0.25, 0.3) is 0 Å². The Hall–Kier alpha value is -0.490. The molecule has 2 rings (SSSR count). The summed E-state index contributed by atoms with van der Waals surface area (Å²) in [5.41, 5.74) is 0. The second-order valence-electron chi connectivity index (χ2n) is 4.81. The summed E-state index contributed by atoms with van der Waals surface area (Å²) in [6, 6.07) is 3.90. The second-order valence-corrected chi connectivity index (χ2v) is 7.58. The standard InChI is InChI=1S/C13H18ClN3S2/c1-9(2)8-15-7-3-4-12-16-17-13(19-12)10-5-6-11(14)18-10/h5-6,9,15H,3-4,7-8H2,1-2H3. The molecule has 0 aliphatic carbocycles. The maximum Gasteiger partial charge on any atom is 0.157 e. The van der Waals surface area contributed by atoms with Crippen LogP contribution in [0.1, 0.15) is 25.3 Å². The number of aryl methyl sites for hydroxylation is 1. The first-order valence-electron chi connectivity index (χ1n) is 6.44. The maximum absolute atomic E-state index is 5.93. The van der Waals surface area contributed by atoms with Crippen LogP contribution in [0.3, 0.4) is 0 Å². The maximum atomic E-state index is 5.93. The van der Waals surface area contributed by atoms with E-state index in [2.05, 4.69) is 29.4 Å². The summed E-state index contributed by atoms with van der Waals surface area (Å²) < 4.78 is 0.796. The molecule has 0 atom stereocenters. The van der Waals surface area contributed by atoms with E-state index in [9.17, 15) is 0 Å². The predicted octanol–water partition coefficient (Wildman–Crippen LogP) is 4.10. The number of rotatable bonds is 7. The number of hydrogen-bond acceptors (Lipinski definition) is 5. The molecule has 0 bridgehead atoms. The van der Waals surface area contributed by atoms with Gasteiger partial charge >= 0.3 is 0 Å². The number of nitrogens with zero attached hydrogens (tertiary/aromatic N) is 2. The summed E-state index contributed by atoms with van der Waals surface area (Å²) in [5.74, 6) is 0.705. The summed E-state index contributed by atoms with van der Waals surface area (Å²) >= 11 is 9.14. The Morgan fingerprint density at radius 3 is 2.79 bits per heavy atom. The van der Waals surface area contributed by atoms with Crippen molar-refractivity contribution in [1.82, 2.24) is 15.5 Å². The van der Waals surface area contributed by atoms with Gasteiger partial charge in [-0.3, -0.25) is 0 Å². The minimum atomic E-state index is 0.705. The molecule has 0 spiro atoms. The van der Waals surface area contributed by atoms with E-state index in [1.165, 1.54) is 0 Å². The third-order valence-corrected chi connectivity index (χ3v) is 4.93. The van der Waals surface area contributed by atoms with E-state index in [1.54, 1.807) is 22.7 Å². The Morgan fingerprint density at radius 1 is 1.26 bits per heavy atom. The zero-order valence-electron chi connectivity index (χ0n) is 11.1. The van der Waals surface area contributed by atoms with Crippen LogP contribution in [0.4, 0.5) is 0 Å². The first-order chi connectivity index (χ1) is 9.15. The lowest BCUT2D eigenvalue weighted by molar-refractivity contribution is 0.542. The van der Waals surface area contributed by atoms with E-state index in [4.69, 9.17) is 11.6 Å². The Kier molecular flexibility index (Phi) is 5.76. The van der Waals surface area contributed by atoms with E-state index >= 15 is 0 Å². The minimum Gasteiger partial charge on any atom is -0.316 e. The van der Waals surface area contributed by atoms with Crippen LogP contribution in [0.2, 0.25) is 4.34 Å². The molecular weight excluding hydrogens is 298 g/mol. The van der Waals surface area contributed by atoms with E-state index in [-0.39, 0.29) is 0 Å². The van der Waals surface area contributed by atoms with Gasteiger partial charge in [0.2, 0.25) is 0 Å². The van der Waals surface area contributed by atoms with Gasteiger partial charge in [0.1, 0.15) is 5.01 Å². The molecule has 104 valence electrons. The van der Waals surface area contributed by atoms with Crippen LogP contribution in [-0.4, -0.2) is 23.3 Å². The summed E-state index contributed by atoms with van der Waals surface area (Å²) in [7, 11) is 0. The summed E-state index contributed by atoms with van der Waals surface area (Å²) in [5, 5.41) is 14.0. The highest BCUT2D eigenvalue weighted by molar-refractivity contribution is 7.23. The van der Waals surface area contributed by atoms with Crippen molar-refractivity contribution in [2.24, 2.45) is 5.92 Å². The lowest BCUT2D eigenvalue weighted by Crippen LogP contribution is -2.21. The van der Waals surface area contributed by atoms with Crippen molar-refractivity contribution in [1.29, 1.82) is 0 Å². The number of halogens is 1. The number of nitrogens with one attached hydrogen (secondary N) is 1. The average molecular weight is 316 g/mol. The van der Waals surface area contributed by atoms with Crippen LogP contribution >= 0.6 is 34.3 Å². The van der Waals surface area contributed by atoms with Gasteiger partial charge in [-0.1, -0.05) is 36.8 Å². The fourth-order valence-electron chi connectivity index (χ4n) is 1.64. The monoisotopic (exact) mass is 315 g/mol. The lowest BCUT2D eigenvalue weighted by Gasteiger charge is -2.05. The van der Waals surface area contributed by atoms with Crippen LogP contribution < -0.4 is 5.32 Å². The van der Waals surface area contributed by atoms with E-state index in [0.717, 1.165) is 45.2 Å². The largest absolute Gasteiger partial charge is 0.316 e. The minimum absolute atomic E-state index is 0.705. The zero-order valence-corrected chi connectivity index (χ0v) is 13.5. The summed E-state index contributed by atoms with van der Waals surface area (Å²) in [4.78, 5) is 1.10. The van der Waals surface area contributed by atoms with Crippen molar-refractivity contribution in [2.45, 2.75) is 26.7 Å². The lowest BCUT2D eigenvalue weighted by atomic mass is 10.2. The normalized spacial score (nSPS) is 11.4. The second kappa shape index (κ2) is 7.33.